The number of ether oxygens (including phenoxy) is 1. The van der Waals surface area contributed by atoms with Crippen molar-refractivity contribution in [3.63, 3.8) is 0 Å². The minimum Gasteiger partial charge on any atom is -0.496 e. The smallest absolute Gasteiger partial charge is 0.276 e. The quantitative estimate of drug-likeness (QED) is 0.414. The molecule has 7 heteroatoms. The monoisotopic (exact) mass is 426 g/mol. The molecule has 0 aliphatic carbocycles. The van der Waals surface area contributed by atoms with Gasteiger partial charge in [-0.15, -0.1) is 0 Å². The third-order valence-corrected chi connectivity index (χ3v) is 5.57. The SMILES string of the molecule is COc1ccccc1-c1cc2c(=O)n(Cc3nc(-c4ccccc4C)oc3C)ccn2n1. The maximum absolute atomic E-state index is 13.2. The Kier molecular flexibility index (Phi) is 4.86. The lowest BCUT2D eigenvalue weighted by Crippen LogP contribution is -2.22. The van der Waals surface area contributed by atoms with Gasteiger partial charge in [0, 0.05) is 23.5 Å². The van der Waals surface area contributed by atoms with E-state index >= 15 is 0 Å². The van der Waals surface area contributed by atoms with Crippen LogP contribution in [0.4, 0.5) is 0 Å². The van der Waals surface area contributed by atoms with E-state index in [2.05, 4.69) is 10.1 Å². The summed E-state index contributed by atoms with van der Waals surface area (Å²) < 4.78 is 14.6. The van der Waals surface area contributed by atoms with Crippen LogP contribution in [0, 0.1) is 13.8 Å². The highest BCUT2D eigenvalue weighted by Crippen LogP contribution is 2.29. The average molecular weight is 426 g/mol. The summed E-state index contributed by atoms with van der Waals surface area (Å²) in [6.07, 6.45) is 3.49. The predicted octanol–water partition coefficient (Wildman–Crippen LogP) is 4.49. The third kappa shape index (κ3) is 3.37. The number of aromatic nitrogens is 4. The Balaban J connectivity index is 1.52. The van der Waals surface area contributed by atoms with E-state index < -0.39 is 0 Å². The molecule has 5 rings (SSSR count). The van der Waals surface area contributed by atoms with Gasteiger partial charge in [-0.2, -0.15) is 5.10 Å². The number of hydrogen-bond donors (Lipinski definition) is 0. The van der Waals surface area contributed by atoms with Gasteiger partial charge in [0.2, 0.25) is 5.89 Å². The van der Waals surface area contributed by atoms with Crippen molar-refractivity contribution in [3.8, 4) is 28.5 Å². The first-order valence-corrected chi connectivity index (χ1v) is 10.3. The van der Waals surface area contributed by atoms with Crippen molar-refractivity contribution >= 4 is 5.52 Å². The molecule has 0 unspecified atom stereocenters. The van der Waals surface area contributed by atoms with Gasteiger partial charge in [-0.25, -0.2) is 9.50 Å². The predicted molar refractivity (Wildman–Crippen MR) is 122 cm³/mol. The Bertz CT molecular complexity index is 1490. The molecule has 3 aromatic heterocycles. The molecule has 7 nitrogen and oxygen atoms in total. The van der Waals surface area contributed by atoms with Crippen LogP contribution < -0.4 is 10.3 Å². The first-order chi connectivity index (χ1) is 15.5. The molecule has 0 fully saturated rings. The van der Waals surface area contributed by atoms with Crippen LogP contribution in [0.25, 0.3) is 28.2 Å². The maximum Gasteiger partial charge on any atom is 0.276 e. The minimum absolute atomic E-state index is 0.152. The Morgan fingerprint density at radius 2 is 1.75 bits per heavy atom. The molecule has 2 aromatic carbocycles. The number of hydrogen-bond acceptors (Lipinski definition) is 5. The lowest BCUT2D eigenvalue weighted by molar-refractivity contribution is 0.416. The van der Waals surface area contributed by atoms with Gasteiger partial charge in [-0.05, 0) is 43.7 Å². The number of nitrogens with zero attached hydrogens (tertiary/aromatic N) is 4. The second-order valence-corrected chi connectivity index (χ2v) is 7.63. The lowest BCUT2D eigenvalue weighted by atomic mass is 10.1. The topological polar surface area (TPSA) is 74.6 Å². The number of para-hydroxylation sites is 1. The summed E-state index contributed by atoms with van der Waals surface area (Å²) in [5, 5.41) is 4.56. The summed E-state index contributed by atoms with van der Waals surface area (Å²) in [7, 11) is 1.62. The molecule has 160 valence electrons. The molecule has 0 aliphatic heterocycles. The van der Waals surface area contributed by atoms with Crippen LogP contribution in [-0.4, -0.2) is 26.3 Å². The van der Waals surface area contributed by atoms with Crippen molar-refractivity contribution in [1.29, 1.82) is 0 Å². The van der Waals surface area contributed by atoms with Crippen molar-refractivity contribution in [3.05, 3.63) is 94.4 Å². The van der Waals surface area contributed by atoms with Gasteiger partial charge in [0.15, 0.2) is 0 Å². The maximum atomic E-state index is 13.2. The zero-order valence-electron chi connectivity index (χ0n) is 18.1. The molecule has 0 bridgehead atoms. The van der Waals surface area contributed by atoms with E-state index in [1.165, 1.54) is 0 Å². The van der Waals surface area contributed by atoms with Crippen molar-refractivity contribution in [2.45, 2.75) is 20.4 Å². The Labute approximate surface area is 184 Å². The highest BCUT2D eigenvalue weighted by atomic mass is 16.5. The normalized spacial score (nSPS) is 11.2. The largest absolute Gasteiger partial charge is 0.496 e. The van der Waals surface area contributed by atoms with E-state index in [4.69, 9.17) is 9.15 Å². The molecule has 3 heterocycles. The standard InChI is InChI=1S/C25H22N4O3/c1-16-8-4-5-9-18(16)24-26-21(17(2)32-24)15-28-12-13-29-22(25(28)30)14-20(27-29)19-10-6-7-11-23(19)31-3/h4-14H,15H2,1-3H3. The number of fused-ring (bicyclic) bond motifs is 1. The number of oxazole rings is 1. The minimum atomic E-state index is -0.152. The molecule has 5 aromatic rings. The van der Waals surface area contributed by atoms with Gasteiger partial charge >= 0.3 is 0 Å². The van der Waals surface area contributed by atoms with Crippen molar-refractivity contribution < 1.29 is 9.15 Å². The van der Waals surface area contributed by atoms with E-state index in [0.29, 0.717) is 35.2 Å². The molecule has 0 atom stereocenters. The van der Waals surface area contributed by atoms with Crippen LogP contribution >= 0.6 is 0 Å². The van der Waals surface area contributed by atoms with Crippen molar-refractivity contribution in [1.82, 2.24) is 19.2 Å². The van der Waals surface area contributed by atoms with Gasteiger partial charge < -0.3 is 13.7 Å². The fourth-order valence-electron chi connectivity index (χ4n) is 3.80. The number of aryl methyl sites for hydroxylation is 2. The van der Waals surface area contributed by atoms with Crippen LogP contribution in [0.3, 0.4) is 0 Å². The highest BCUT2D eigenvalue weighted by molar-refractivity contribution is 5.71. The summed E-state index contributed by atoms with van der Waals surface area (Å²) in [5.41, 5.74) is 4.59. The first-order valence-electron chi connectivity index (χ1n) is 10.3. The van der Waals surface area contributed by atoms with E-state index in [1.54, 1.807) is 34.7 Å². The van der Waals surface area contributed by atoms with Gasteiger partial charge in [0.1, 0.15) is 22.7 Å². The molecular formula is C25H22N4O3. The zero-order chi connectivity index (χ0) is 22.2. The van der Waals surface area contributed by atoms with E-state index in [9.17, 15) is 4.79 Å². The molecule has 32 heavy (non-hydrogen) atoms. The molecule has 0 aliphatic rings. The van der Waals surface area contributed by atoms with E-state index in [1.807, 2.05) is 62.4 Å². The third-order valence-electron chi connectivity index (χ3n) is 5.57. The van der Waals surface area contributed by atoms with Crippen LogP contribution in [0.5, 0.6) is 5.75 Å². The summed E-state index contributed by atoms with van der Waals surface area (Å²) in [6, 6.07) is 17.3. The fraction of sp³-hybridized carbons (Fsp3) is 0.160. The molecule has 0 amide bonds. The zero-order valence-corrected chi connectivity index (χ0v) is 18.1. The second kappa shape index (κ2) is 7.85. The van der Waals surface area contributed by atoms with Gasteiger partial charge in [-0.1, -0.05) is 30.3 Å². The van der Waals surface area contributed by atoms with Gasteiger partial charge in [0.05, 0.1) is 19.3 Å². The van der Waals surface area contributed by atoms with Crippen LogP contribution in [0.2, 0.25) is 0 Å². The Hall–Kier alpha value is -4.13. The highest BCUT2D eigenvalue weighted by Gasteiger charge is 2.16. The molecule has 0 saturated carbocycles. The number of benzene rings is 2. The van der Waals surface area contributed by atoms with Gasteiger partial charge in [-0.3, -0.25) is 4.79 Å². The van der Waals surface area contributed by atoms with Crippen LogP contribution in [0.15, 0.2) is 76.2 Å². The molecular weight excluding hydrogens is 404 g/mol. The summed E-state index contributed by atoms with van der Waals surface area (Å²) >= 11 is 0. The molecule has 0 N–H and O–H groups in total. The van der Waals surface area contributed by atoms with Crippen LogP contribution in [0.1, 0.15) is 17.0 Å². The van der Waals surface area contributed by atoms with Crippen molar-refractivity contribution in [2.24, 2.45) is 0 Å². The fourth-order valence-corrected chi connectivity index (χ4v) is 3.80. The summed E-state index contributed by atoms with van der Waals surface area (Å²) in [5.74, 6) is 1.96. The van der Waals surface area contributed by atoms with E-state index in [-0.39, 0.29) is 5.56 Å². The average Bonchev–Trinajstić information content (AvgIpc) is 3.40. The Morgan fingerprint density at radius 1 is 1.00 bits per heavy atom. The summed E-state index contributed by atoms with van der Waals surface area (Å²) in [4.78, 5) is 17.9. The first kappa shape index (κ1) is 19.8. The van der Waals surface area contributed by atoms with Crippen LogP contribution in [-0.2, 0) is 6.54 Å². The Morgan fingerprint density at radius 3 is 2.53 bits per heavy atom. The molecule has 0 spiro atoms. The molecule has 0 radical (unpaired) electrons. The van der Waals surface area contributed by atoms with Gasteiger partial charge in [0.25, 0.3) is 5.56 Å². The molecule has 0 saturated heterocycles. The lowest BCUT2D eigenvalue weighted by Gasteiger charge is -2.04. The second-order valence-electron chi connectivity index (χ2n) is 7.63. The summed E-state index contributed by atoms with van der Waals surface area (Å²) in [6.45, 7) is 4.20. The van der Waals surface area contributed by atoms with E-state index in [0.717, 1.165) is 22.4 Å². The number of rotatable bonds is 5. The van der Waals surface area contributed by atoms with Crippen molar-refractivity contribution in [2.75, 3.05) is 7.11 Å². The number of methoxy groups -OCH3 is 1.